The summed E-state index contributed by atoms with van der Waals surface area (Å²) >= 11 is 0. The van der Waals surface area contributed by atoms with Gasteiger partial charge in [0.2, 0.25) is 0 Å². The molecule has 0 aliphatic heterocycles. The van der Waals surface area contributed by atoms with Crippen molar-refractivity contribution in [3.05, 3.63) is 144 Å². The van der Waals surface area contributed by atoms with E-state index in [0.29, 0.717) is 17.7 Å². The molecule has 4 aromatic rings. The second-order valence-electron chi connectivity index (χ2n) is 8.88. The third-order valence-corrected chi connectivity index (χ3v) is 5.98. The van der Waals surface area contributed by atoms with E-state index in [4.69, 9.17) is 9.98 Å². The minimum atomic E-state index is -0.177. The summed E-state index contributed by atoms with van der Waals surface area (Å²) in [5, 5.41) is 0. The van der Waals surface area contributed by atoms with Crippen LogP contribution in [0.1, 0.15) is 51.6 Å². The third kappa shape index (κ3) is 8.31. The molecule has 4 aromatic carbocycles. The first kappa shape index (κ1) is 28.6. The zero-order valence-corrected chi connectivity index (χ0v) is 22.2. The van der Waals surface area contributed by atoms with Gasteiger partial charge in [-0.05, 0) is 18.1 Å². The minimum absolute atomic E-state index is 0. The van der Waals surface area contributed by atoms with Gasteiger partial charge in [-0.3, -0.25) is 19.6 Å². The molecule has 38 heavy (non-hydrogen) atoms. The number of rotatable bonds is 11. The molecule has 0 amide bonds. The molecule has 0 aromatic heterocycles. The van der Waals surface area contributed by atoms with Crippen LogP contribution < -0.4 is 0 Å². The first-order valence-electron chi connectivity index (χ1n) is 12.5. The molecule has 0 heterocycles. The van der Waals surface area contributed by atoms with Gasteiger partial charge in [-0.15, -0.1) is 0 Å². The Hall–Kier alpha value is -3.92. The molecular formula is C33H30CuN2O2. The normalized spacial score (nSPS) is 12.3. The predicted molar refractivity (Wildman–Crippen MR) is 151 cm³/mol. The molecule has 5 heteroatoms. The molecule has 195 valence electrons. The molecule has 4 nitrogen and oxygen atoms in total. The van der Waals surface area contributed by atoms with E-state index < -0.39 is 0 Å². The fraction of sp³-hybridized carbons (Fsp3) is 0.152. The van der Waals surface area contributed by atoms with Crippen molar-refractivity contribution < 1.29 is 26.7 Å². The Kier molecular flexibility index (Phi) is 11.1. The minimum Gasteiger partial charge on any atom is -0.294 e. The smallest absolute Gasteiger partial charge is 0.168 e. The van der Waals surface area contributed by atoms with Gasteiger partial charge < -0.3 is 0 Å². The molecule has 0 bridgehead atoms. The molecule has 1 radical (unpaired) electrons. The molecule has 1 atom stereocenters. The topological polar surface area (TPSA) is 58.9 Å². The summed E-state index contributed by atoms with van der Waals surface area (Å²) in [4.78, 5) is 35.7. The summed E-state index contributed by atoms with van der Waals surface area (Å²) in [6, 6.07) is 38.0. The van der Waals surface area contributed by atoms with Crippen LogP contribution in [0.4, 0.5) is 0 Å². The largest absolute Gasteiger partial charge is 0.294 e. The maximum Gasteiger partial charge on any atom is 0.168 e. The Bertz CT molecular complexity index is 1370. The zero-order valence-electron chi connectivity index (χ0n) is 21.3. The van der Waals surface area contributed by atoms with E-state index in [9.17, 15) is 9.59 Å². The molecular weight excluding hydrogens is 520 g/mol. The number of hydrogen-bond donors (Lipinski definition) is 0. The van der Waals surface area contributed by atoms with Crippen LogP contribution >= 0.6 is 0 Å². The van der Waals surface area contributed by atoms with Gasteiger partial charge >= 0.3 is 0 Å². The number of ketones is 2. The number of hydrogen-bond acceptors (Lipinski definition) is 4. The van der Waals surface area contributed by atoms with E-state index in [1.165, 1.54) is 0 Å². The van der Waals surface area contributed by atoms with Gasteiger partial charge in [0, 0.05) is 33.9 Å². The Morgan fingerprint density at radius 3 is 1.32 bits per heavy atom. The van der Waals surface area contributed by atoms with E-state index in [1.54, 1.807) is 0 Å². The Morgan fingerprint density at radius 2 is 0.895 bits per heavy atom. The molecule has 0 aliphatic carbocycles. The number of benzene rings is 4. The number of carbonyl (C=O) groups is 2. The molecule has 0 saturated heterocycles. The fourth-order valence-electron chi connectivity index (χ4n) is 4.04. The maximum absolute atomic E-state index is 13.0. The van der Waals surface area contributed by atoms with Crippen molar-refractivity contribution in [3.8, 4) is 0 Å². The second-order valence-corrected chi connectivity index (χ2v) is 8.88. The van der Waals surface area contributed by atoms with E-state index >= 15 is 0 Å². The first-order valence-corrected chi connectivity index (χ1v) is 12.5. The van der Waals surface area contributed by atoms with Crippen molar-refractivity contribution in [2.75, 3.05) is 6.54 Å². The standard InChI is InChI=1S/C33H30N2O2.Cu/c1-25(35-31(27-16-8-3-9-17-27)23-33(37)29-20-12-5-13-21-29)24-34-30(26-14-6-2-7-15-26)22-32(36)28-18-10-4-11-19-28;/h2-21,25H,22-24H2,1H3;. The van der Waals surface area contributed by atoms with Crippen LogP contribution in [-0.4, -0.2) is 35.6 Å². The molecule has 4 rings (SSSR count). The van der Waals surface area contributed by atoms with Crippen molar-refractivity contribution in [1.82, 2.24) is 0 Å². The van der Waals surface area contributed by atoms with Gasteiger partial charge in [-0.25, -0.2) is 0 Å². The van der Waals surface area contributed by atoms with Crippen molar-refractivity contribution >= 4 is 23.0 Å². The van der Waals surface area contributed by atoms with E-state index in [-0.39, 0.29) is 47.5 Å². The van der Waals surface area contributed by atoms with Gasteiger partial charge in [0.25, 0.3) is 0 Å². The number of carbonyl (C=O) groups excluding carboxylic acids is 2. The SMILES string of the molecule is CC(CN=C(CC(=O)c1ccccc1)c1ccccc1)N=C(CC(=O)c1ccccc1)c1ccccc1.[Cu]. The Balaban J connectivity index is 0.00000400. The quantitative estimate of drug-likeness (QED) is 0.116. The zero-order chi connectivity index (χ0) is 25.9. The van der Waals surface area contributed by atoms with Crippen LogP contribution in [0, 0.1) is 0 Å². The molecule has 0 fully saturated rings. The summed E-state index contributed by atoms with van der Waals surface area (Å²) in [6.45, 7) is 2.39. The van der Waals surface area contributed by atoms with Gasteiger partial charge in [-0.1, -0.05) is 121 Å². The van der Waals surface area contributed by atoms with Crippen LogP contribution in [0.15, 0.2) is 131 Å². The average molecular weight is 550 g/mol. The van der Waals surface area contributed by atoms with E-state index in [2.05, 4.69) is 0 Å². The van der Waals surface area contributed by atoms with Crippen LogP contribution in [-0.2, 0) is 17.1 Å². The summed E-state index contributed by atoms with van der Waals surface area (Å²) < 4.78 is 0. The number of aliphatic imine (C=N–C) groups is 2. The molecule has 1 unspecified atom stereocenters. The fourth-order valence-corrected chi connectivity index (χ4v) is 4.04. The van der Waals surface area contributed by atoms with Gasteiger partial charge in [0.1, 0.15) is 0 Å². The van der Waals surface area contributed by atoms with Crippen molar-refractivity contribution in [2.24, 2.45) is 9.98 Å². The first-order chi connectivity index (χ1) is 18.1. The second kappa shape index (κ2) is 14.7. The molecule has 0 saturated carbocycles. The van der Waals surface area contributed by atoms with Crippen LogP contribution in [0.5, 0.6) is 0 Å². The molecule has 0 spiro atoms. The van der Waals surface area contributed by atoms with Gasteiger partial charge in [0.15, 0.2) is 11.6 Å². The maximum atomic E-state index is 13.0. The number of Topliss-reactive ketones (excluding diaryl/α,β-unsaturated/α-hetero) is 2. The Labute approximate surface area is 235 Å². The Morgan fingerprint density at radius 1 is 0.553 bits per heavy atom. The van der Waals surface area contributed by atoms with Gasteiger partial charge in [0.05, 0.1) is 31.1 Å². The van der Waals surface area contributed by atoms with Crippen LogP contribution in [0.2, 0.25) is 0 Å². The number of nitrogens with zero attached hydrogens (tertiary/aromatic N) is 2. The molecule has 0 N–H and O–H groups in total. The summed E-state index contributed by atoms with van der Waals surface area (Å²) in [5.74, 6) is 0.0510. The van der Waals surface area contributed by atoms with E-state index in [1.807, 2.05) is 128 Å². The predicted octanol–water partition coefficient (Wildman–Crippen LogP) is 6.90. The average Bonchev–Trinajstić information content (AvgIpc) is 2.96. The van der Waals surface area contributed by atoms with Crippen LogP contribution in [0.25, 0.3) is 0 Å². The van der Waals surface area contributed by atoms with Crippen molar-refractivity contribution in [1.29, 1.82) is 0 Å². The third-order valence-electron chi connectivity index (χ3n) is 5.98. The van der Waals surface area contributed by atoms with Gasteiger partial charge in [-0.2, -0.15) is 0 Å². The summed E-state index contributed by atoms with van der Waals surface area (Å²) in [5.41, 5.74) is 4.65. The van der Waals surface area contributed by atoms with E-state index in [0.717, 1.165) is 22.6 Å². The summed E-state index contributed by atoms with van der Waals surface area (Å²) in [6.07, 6.45) is 0.419. The van der Waals surface area contributed by atoms with Crippen molar-refractivity contribution in [3.63, 3.8) is 0 Å². The van der Waals surface area contributed by atoms with Crippen LogP contribution in [0.3, 0.4) is 0 Å². The van der Waals surface area contributed by atoms with Crippen molar-refractivity contribution in [2.45, 2.75) is 25.8 Å². The monoisotopic (exact) mass is 549 g/mol. The summed E-state index contributed by atoms with van der Waals surface area (Å²) in [7, 11) is 0. The molecule has 0 aliphatic rings.